The Balaban J connectivity index is 1.31. The van der Waals surface area contributed by atoms with Crippen LogP contribution in [0.4, 0.5) is 30.7 Å². The van der Waals surface area contributed by atoms with E-state index in [9.17, 15) is 26.3 Å². The topological polar surface area (TPSA) is 35.0 Å². The zero-order chi connectivity index (χ0) is 30.7. The van der Waals surface area contributed by atoms with Crippen LogP contribution in [0.25, 0.3) is 33.6 Å². The van der Waals surface area contributed by atoms with E-state index in [2.05, 4.69) is 16.5 Å². The van der Waals surface area contributed by atoms with Crippen LogP contribution in [0, 0.1) is 29.1 Å². The van der Waals surface area contributed by atoms with Gasteiger partial charge in [-0.15, -0.1) is 6.58 Å². The lowest BCUT2D eigenvalue weighted by atomic mass is 10.0. The number of benzene rings is 4. The third kappa shape index (κ3) is 6.43. The molecule has 0 spiro atoms. The molecule has 3 nitrogen and oxygen atoms in total. The lowest BCUT2D eigenvalue weighted by Gasteiger charge is -2.19. The fraction of sp³-hybridized carbons (Fsp3) is 0.0909. The van der Waals surface area contributed by atoms with Gasteiger partial charge in [0.15, 0.2) is 23.3 Å². The second-order valence-electron chi connectivity index (χ2n) is 9.53. The third-order valence-corrected chi connectivity index (χ3v) is 6.58. The first-order valence-electron chi connectivity index (χ1n) is 12.9. The van der Waals surface area contributed by atoms with Crippen molar-refractivity contribution in [3.8, 4) is 39.4 Å². The number of alkyl halides is 2. The first kappa shape index (κ1) is 29.5. The second-order valence-corrected chi connectivity index (χ2v) is 9.53. The van der Waals surface area contributed by atoms with Gasteiger partial charge in [-0.2, -0.15) is 8.78 Å². The molecule has 0 saturated heterocycles. The van der Waals surface area contributed by atoms with Crippen LogP contribution < -0.4 is 4.74 Å². The SMILES string of the molecule is C=CCCc1cnc(-c2ccc(-c3ccc(C(F)(F)Oc4ccc(-c5cc(F)c(F)c(F)c5)c(F)c4)cc3)c(F)c2)nc1. The number of aromatic nitrogens is 2. The molecule has 5 rings (SSSR count). The monoisotopic (exact) mass is 594 g/mol. The molecular formula is C33H21F7N2O. The third-order valence-electron chi connectivity index (χ3n) is 6.58. The molecule has 10 heteroatoms. The van der Waals surface area contributed by atoms with Gasteiger partial charge in [0, 0.05) is 35.2 Å². The number of allylic oxidation sites excluding steroid dienone is 1. The van der Waals surface area contributed by atoms with Gasteiger partial charge in [-0.25, -0.2) is 31.9 Å². The number of aryl methyl sites for hydroxylation is 1. The number of hydrogen-bond acceptors (Lipinski definition) is 3. The van der Waals surface area contributed by atoms with Gasteiger partial charge >= 0.3 is 6.11 Å². The summed E-state index contributed by atoms with van der Waals surface area (Å²) in [6, 6.07) is 12.8. The van der Waals surface area contributed by atoms with Crippen molar-refractivity contribution >= 4 is 0 Å². The lowest BCUT2D eigenvalue weighted by molar-refractivity contribution is -0.185. The van der Waals surface area contributed by atoms with Crippen LogP contribution in [0.15, 0.2) is 97.8 Å². The maximum Gasteiger partial charge on any atom is 0.426 e. The highest BCUT2D eigenvalue weighted by molar-refractivity contribution is 5.69. The van der Waals surface area contributed by atoms with Crippen LogP contribution in [0.2, 0.25) is 0 Å². The van der Waals surface area contributed by atoms with Gasteiger partial charge in [0.1, 0.15) is 17.4 Å². The first-order chi connectivity index (χ1) is 20.6. The molecule has 0 unspecified atom stereocenters. The maximum absolute atomic E-state index is 15.0. The van der Waals surface area contributed by atoms with Crippen molar-refractivity contribution in [3.63, 3.8) is 0 Å². The molecule has 0 fully saturated rings. The van der Waals surface area contributed by atoms with Crippen molar-refractivity contribution in [1.82, 2.24) is 9.97 Å². The zero-order valence-corrected chi connectivity index (χ0v) is 22.2. The van der Waals surface area contributed by atoms with Gasteiger partial charge in [-0.05, 0) is 72.0 Å². The molecule has 0 atom stereocenters. The Hall–Kier alpha value is -4.99. The fourth-order valence-corrected chi connectivity index (χ4v) is 4.35. The zero-order valence-electron chi connectivity index (χ0n) is 22.2. The predicted molar refractivity (Wildman–Crippen MR) is 148 cm³/mol. The first-order valence-corrected chi connectivity index (χ1v) is 12.9. The summed E-state index contributed by atoms with van der Waals surface area (Å²) in [5.74, 6) is -6.74. The molecule has 0 amide bonds. The minimum atomic E-state index is -3.92. The van der Waals surface area contributed by atoms with Crippen LogP contribution in [-0.2, 0) is 12.5 Å². The average Bonchev–Trinajstić information content (AvgIpc) is 2.99. The van der Waals surface area contributed by atoms with E-state index in [0.717, 1.165) is 42.7 Å². The quantitative estimate of drug-likeness (QED) is 0.0969. The van der Waals surface area contributed by atoms with E-state index in [4.69, 9.17) is 4.74 Å². The van der Waals surface area contributed by atoms with Gasteiger partial charge in [-0.1, -0.05) is 30.3 Å². The summed E-state index contributed by atoms with van der Waals surface area (Å²) in [4.78, 5) is 8.55. The van der Waals surface area contributed by atoms with Gasteiger partial charge < -0.3 is 4.74 Å². The van der Waals surface area contributed by atoms with E-state index in [1.54, 1.807) is 24.5 Å². The van der Waals surface area contributed by atoms with Gasteiger partial charge in [-0.3, -0.25) is 0 Å². The fourth-order valence-electron chi connectivity index (χ4n) is 4.35. The summed E-state index contributed by atoms with van der Waals surface area (Å²) >= 11 is 0. The summed E-state index contributed by atoms with van der Waals surface area (Å²) in [5.41, 5.74) is 0.575. The summed E-state index contributed by atoms with van der Waals surface area (Å²) in [5, 5.41) is 0. The van der Waals surface area contributed by atoms with E-state index in [1.165, 1.54) is 24.3 Å². The van der Waals surface area contributed by atoms with Crippen LogP contribution in [0.3, 0.4) is 0 Å². The summed E-state index contributed by atoms with van der Waals surface area (Å²) in [6.45, 7) is 3.67. The van der Waals surface area contributed by atoms with Crippen molar-refractivity contribution < 1.29 is 35.5 Å². The molecule has 0 saturated carbocycles. The highest BCUT2D eigenvalue weighted by atomic mass is 19.3. The van der Waals surface area contributed by atoms with E-state index in [1.807, 2.05) is 0 Å². The molecule has 218 valence electrons. The van der Waals surface area contributed by atoms with E-state index in [-0.39, 0.29) is 16.7 Å². The van der Waals surface area contributed by atoms with Crippen LogP contribution in [-0.4, -0.2) is 9.97 Å². The maximum atomic E-state index is 15.0. The van der Waals surface area contributed by atoms with E-state index in [0.29, 0.717) is 35.2 Å². The predicted octanol–water partition coefficient (Wildman–Crippen LogP) is 9.42. The number of nitrogens with zero attached hydrogens (tertiary/aromatic N) is 2. The Morgan fingerprint density at radius 1 is 0.674 bits per heavy atom. The lowest BCUT2D eigenvalue weighted by Crippen LogP contribution is -2.21. The normalized spacial score (nSPS) is 11.4. The number of halogens is 7. The van der Waals surface area contributed by atoms with E-state index >= 15 is 4.39 Å². The highest BCUT2D eigenvalue weighted by Crippen LogP contribution is 2.36. The largest absolute Gasteiger partial charge is 0.429 e. The Morgan fingerprint density at radius 2 is 1.23 bits per heavy atom. The molecule has 0 aliphatic rings. The standard InChI is InChI=1S/C33H21F7N2O/c1-2-3-4-19-17-41-32(42-18-19)21-7-11-25(27(34)13-21)20-5-8-23(9-6-20)33(39,40)43-24-10-12-26(28(35)16-24)22-14-29(36)31(38)30(37)15-22/h2,5-18H,1,3-4H2. The van der Waals surface area contributed by atoms with Gasteiger partial charge in [0.2, 0.25) is 0 Å². The Bertz CT molecular complexity index is 1770. The molecule has 1 heterocycles. The van der Waals surface area contributed by atoms with Crippen molar-refractivity contribution in [2.24, 2.45) is 0 Å². The minimum Gasteiger partial charge on any atom is -0.429 e. The summed E-state index contributed by atoms with van der Waals surface area (Å²) in [6.07, 6.45) is 2.71. The van der Waals surface area contributed by atoms with Crippen molar-refractivity contribution in [2.45, 2.75) is 19.0 Å². The molecule has 0 aliphatic heterocycles. The van der Waals surface area contributed by atoms with Gasteiger partial charge in [0.05, 0.1) is 5.56 Å². The Labute approximate surface area is 242 Å². The molecule has 0 bridgehead atoms. The Morgan fingerprint density at radius 3 is 1.84 bits per heavy atom. The number of hydrogen-bond donors (Lipinski definition) is 0. The average molecular weight is 595 g/mol. The second kappa shape index (κ2) is 12.1. The van der Waals surface area contributed by atoms with Crippen LogP contribution >= 0.6 is 0 Å². The van der Waals surface area contributed by atoms with Crippen LogP contribution in [0.1, 0.15) is 17.5 Å². The molecule has 4 aromatic carbocycles. The van der Waals surface area contributed by atoms with E-state index < -0.39 is 46.5 Å². The van der Waals surface area contributed by atoms with Crippen molar-refractivity contribution in [1.29, 1.82) is 0 Å². The van der Waals surface area contributed by atoms with Crippen LogP contribution in [0.5, 0.6) is 5.75 Å². The van der Waals surface area contributed by atoms with Crippen molar-refractivity contribution in [2.75, 3.05) is 0 Å². The molecule has 1 aromatic heterocycles. The molecule has 0 radical (unpaired) electrons. The highest BCUT2D eigenvalue weighted by Gasteiger charge is 2.35. The molecule has 0 N–H and O–H groups in total. The molecular weight excluding hydrogens is 573 g/mol. The van der Waals surface area contributed by atoms with Crippen molar-refractivity contribution in [3.05, 3.63) is 138 Å². The van der Waals surface area contributed by atoms with Gasteiger partial charge in [0.25, 0.3) is 0 Å². The molecule has 43 heavy (non-hydrogen) atoms. The summed E-state index contributed by atoms with van der Waals surface area (Å²) in [7, 11) is 0. The Kier molecular flexibility index (Phi) is 8.29. The number of rotatable bonds is 9. The molecule has 0 aliphatic carbocycles. The minimum absolute atomic E-state index is 0.161. The summed E-state index contributed by atoms with van der Waals surface area (Å²) < 4.78 is 105. The number of ether oxygens (including phenoxy) is 1. The smallest absolute Gasteiger partial charge is 0.426 e. The molecule has 5 aromatic rings.